The van der Waals surface area contributed by atoms with E-state index in [0.29, 0.717) is 6.54 Å². The molecule has 25 heavy (non-hydrogen) atoms. The van der Waals surface area contributed by atoms with Crippen molar-refractivity contribution in [1.82, 2.24) is 15.5 Å². The molecule has 0 unspecified atom stereocenters. The van der Waals surface area contributed by atoms with E-state index in [9.17, 15) is 0 Å². The molecule has 0 radical (unpaired) electrons. The summed E-state index contributed by atoms with van der Waals surface area (Å²) >= 11 is 0. The number of aliphatic imine (C=N–C) groups is 1. The summed E-state index contributed by atoms with van der Waals surface area (Å²) < 4.78 is 5.27. The maximum Gasteiger partial charge on any atom is 0.191 e. The Morgan fingerprint density at radius 3 is 2.72 bits per heavy atom. The van der Waals surface area contributed by atoms with Crippen LogP contribution in [-0.4, -0.2) is 50.7 Å². The van der Waals surface area contributed by atoms with Gasteiger partial charge in [-0.1, -0.05) is 19.1 Å². The first kappa shape index (κ1) is 19.6. The van der Waals surface area contributed by atoms with Crippen molar-refractivity contribution in [2.24, 2.45) is 10.9 Å². The smallest absolute Gasteiger partial charge is 0.191 e. The normalized spacial score (nSPS) is 16.7. The zero-order chi connectivity index (χ0) is 17.9. The van der Waals surface area contributed by atoms with Crippen LogP contribution in [0.3, 0.4) is 0 Å². The number of benzene rings is 1. The zero-order valence-electron chi connectivity index (χ0n) is 16.1. The van der Waals surface area contributed by atoms with Gasteiger partial charge in [-0.2, -0.15) is 0 Å². The number of rotatable bonds is 8. The van der Waals surface area contributed by atoms with Crippen LogP contribution in [0.2, 0.25) is 0 Å². The minimum Gasteiger partial charge on any atom is -0.497 e. The third-order valence-electron chi connectivity index (χ3n) is 4.90. The molecule has 5 nitrogen and oxygen atoms in total. The Hall–Kier alpha value is -1.75. The van der Waals surface area contributed by atoms with Gasteiger partial charge in [0, 0.05) is 13.1 Å². The molecule has 0 amide bonds. The summed E-state index contributed by atoms with van der Waals surface area (Å²) in [6.45, 7) is 10.6. The molecule has 1 saturated heterocycles. The maximum absolute atomic E-state index is 5.27. The number of nitrogens with one attached hydrogen (secondary N) is 2. The van der Waals surface area contributed by atoms with Gasteiger partial charge in [-0.3, -0.25) is 0 Å². The average Bonchev–Trinajstić information content (AvgIpc) is 2.66. The highest BCUT2D eigenvalue weighted by Crippen LogP contribution is 2.19. The van der Waals surface area contributed by atoms with Crippen molar-refractivity contribution in [3.63, 3.8) is 0 Å². The Morgan fingerprint density at radius 2 is 2.04 bits per heavy atom. The van der Waals surface area contributed by atoms with Crippen LogP contribution in [0.25, 0.3) is 0 Å². The highest BCUT2D eigenvalue weighted by atomic mass is 16.5. The largest absolute Gasteiger partial charge is 0.497 e. The zero-order valence-corrected chi connectivity index (χ0v) is 16.1. The number of nitrogens with zero attached hydrogens (tertiary/aromatic N) is 2. The van der Waals surface area contributed by atoms with Crippen molar-refractivity contribution in [3.8, 4) is 5.75 Å². The van der Waals surface area contributed by atoms with Gasteiger partial charge in [0.05, 0.1) is 13.7 Å². The Kier molecular flexibility index (Phi) is 8.60. The second-order valence-corrected chi connectivity index (χ2v) is 6.64. The molecule has 0 aromatic heterocycles. The molecule has 1 aromatic carbocycles. The van der Waals surface area contributed by atoms with Gasteiger partial charge in [-0.15, -0.1) is 0 Å². The van der Waals surface area contributed by atoms with Gasteiger partial charge >= 0.3 is 0 Å². The molecule has 2 rings (SSSR count). The molecule has 0 atom stereocenters. The summed E-state index contributed by atoms with van der Waals surface area (Å²) in [6.07, 6.45) is 3.88. The predicted octanol–water partition coefficient (Wildman–Crippen LogP) is 2.87. The lowest BCUT2D eigenvalue weighted by Gasteiger charge is -2.31. The minimum atomic E-state index is 0.654. The van der Waals surface area contributed by atoms with Gasteiger partial charge in [-0.25, -0.2) is 4.99 Å². The Bertz CT molecular complexity index is 524. The monoisotopic (exact) mass is 346 g/mol. The lowest BCUT2D eigenvalue weighted by atomic mass is 9.93. The molecule has 1 aromatic rings. The number of ether oxygens (including phenoxy) is 1. The summed E-state index contributed by atoms with van der Waals surface area (Å²) in [4.78, 5) is 7.24. The predicted molar refractivity (Wildman–Crippen MR) is 105 cm³/mol. The Morgan fingerprint density at radius 1 is 1.24 bits per heavy atom. The lowest BCUT2D eigenvalue weighted by molar-refractivity contribution is 0.187. The number of hydrogen-bond acceptors (Lipinski definition) is 3. The summed E-state index contributed by atoms with van der Waals surface area (Å²) in [5.74, 6) is 2.62. The molecular weight excluding hydrogens is 312 g/mol. The molecule has 1 fully saturated rings. The van der Waals surface area contributed by atoms with Gasteiger partial charge in [0.15, 0.2) is 5.96 Å². The van der Waals surface area contributed by atoms with Crippen molar-refractivity contribution < 1.29 is 4.74 Å². The van der Waals surface area contributed by atoms with Crippen LogP contribution in [-0.2, 0) is 6.54 Å². The van der Waals surface area contributed by atoms with Crippen LogP contribution in [0.1, 0.15) is 38.7 Å². The lowest BCUT2D eigenvalue weighted by Crippen LogP contribution is -2.39. The standard InChI is InChI=1S/C20H34N4O/c1-4-21-20(23-16-18-7-6-8-19(15-18)25-3)22-12-9-17-10-13-24(5-2)14-11-17/h6-8,15,17H,4-5,9-14,16H2,1-3H3,(H2,21,22,23). The summed E-state index contributed by atoms with van der Waals surface area (Å²) in [5, 5.41) is 6.82. The molecule has 0 aliphatic carbocycles. The van der Waals surface area contributed by atoms with Crippen LogP contribution in [0.5, 0.6) is 5.75 Å². The SMILES string of the molecule is CCNC(=NCc1cccc(OC)c1)NCCC1CCN(CC)CC1. The van der Waals surface area contributed by atoms with E-state index in [0.717, 1.165) is 36.3 Å². The molecule has 140 valence electrons. The fraction of sp³-hybridized carbons (Fsp3) is 0.650. The molecule has 1 aliphatic rings. The Balaban J connectivity index is 1.77. The topological polar surface area (TPSA) is 48.9 Å². The van der Waals surface area contributed by atoms with Gasteiger partial charge in [-0.05, 0) is 69.4 Å². The van der Waals surface area contributed by atoms with Crippen molar-refractivity contribution in [2.75, 3.05) is 39.8 Å². The van der Waals surface area contributed by atoms with Crippen LogP contribution in [0.15, 0.2) is 29.3 Å². The number of hydrogen-bond donors (Lipinski definition) is 2. The quantitative estimate of drug-likeness (QED) is 0.561. The molecule has 1 heterocycles. The van der Waals surface area contributed by atoms with Crippen molar-refractivity contribution in [2.45, 2.75) is 39.7 Å². The number of piperidine rings is 1. The van der Waals surface area contributed by atoms with Crippen LogP contribution in [0, 0.1) is 5.92 Å². The third kappa shape index (κ3) is 6.94. The number of methoxy groups -OCH3 is 1. The van der Waals surface area contributed by atoms with E-state index >= 15 is 0 Å². The fourth-order valence-electron chi connectivity index (χ4n) is 3.27. The van der Waals surface area contributed by atoms with E-state index in [4.69, 9.17) is 9.73 Å². The highest BCUT2D eigenvalue weighted by Gasteiger charge is 2.17. The van der Waals surface area contributed by atoms with E-state index in [1.165, 1.54) is 38.9 Å². The van der Waals surface area contributed by atoms with Gasteiger partial charge in [0.25, 0.3) is 0 Å². The molecule has 0 bridgehead atoms. The van der Waals surface area contributed by atoms with Gasteiger partial charge in [0.2, 0.25) is 0 Å². The number of guanidine groups is 1. The van der Waals surface area contributed by atoms with E-state index in [1.807, 2.05) is 18.2 Å². The second-order valence-electron chi connectivity index (χ2n) is 6.64. The van der Waals surface area contributed by atoms with Crippen LogP contribution in [0.4, 0.5) is 0 Å². The van der Waals surface area contributed by atoms with E-state index in [-0.39, 0.29) is 0 Å². The number of likely N-dealkylation sites (tertiary alicyclic amines) is 1. The second kappa shape index (κ2) is 11.0. The summed E-state index contributed by atoms with van der Waals surface area (Å²) in [5.41, 5.74) is 1.16. The van der Waals surface area contributed by atoms with Crippen LogP contribution < -0.4 is 15.4 Å². The van der Waals surface area contributed by atoms with Crippen molar-refractivity contribution in [1.29, 1.82) is 0 Å². The van der Waals surface area contributed by atoms with Crippen LogP contribution >= 0.6 is 0 Å². The van der Waals surface area contributed by atoms with Gasteiger partial charge < -0.3 is 20.3 Å². The molecule has 0 saturated carbocycles. The third-order valence-corrected chi connectivity index (χ3v) is 4.90. The fourth-order valence-corrected chi connectivity index (χ4v) is 3.27. The first-order valence-corrected chi connectivity index (χ1v) is 9.62. The molecule has 0 spiro atoms. The molecule has 2 N–H and O–H groups in total. The van der Waals surface area contributed by atoms with E-state index in [1.54, 1.807) is 7.11 Å². The molecule has 5 heteroatoms. The first-order valence-electron chi connectivity index (χ1n) is 9.62. The summed E-state index contributed by atoms with van der Waals surface area (Å²) in [7, 11) is 1.69. The Labute approximate surface area is 152 Å². The highest BCUT2D eigenvalue weighted by molar-refractivity contribution is 5.79. The minimum absolute atomic E-state index is 0.654. The maximum atomic E-state index is 5.27. The van der Waals surface area contributed by atoms with E-state index in [2.05, 4.69) is 35.4 Å². The summed E-state index contributed by atoms with van der Waals surface area (Å²) in [6, 6.07) is 8.08. The average molecular weight is 347 g/mol. The molecular formula is C20H34N4O. The first-order chi connectivity index (χ1) is 12.2. The molecule has 1 aliphatic heterocycles. The van der Waals surface area contributed by atoms with E-state index < -0.39 is 0 Å². The van der Waals surface area contributed by atoms with Gasteiger partial charge in [0.1, 0.15) is 5.75 Å². The van der Waals surface area contributed by atoms with Crippen molar-refractivity contribution in [3.05, 3.63) is 29.8 Å². The van der Waals surface area contributed by atoms with Crippen molar-refractivity contribution >= 4 is 5.96 Å².